The van der Waals surface area contributed by atoms with Crippen molar-refractivity contribution in [3.05, 3.63) is 20.8 Å². The summed E-state index contributed by atoms with van der Waals surface area (Å²) in [5, 5.41) is 1.97. The van der Waals surface area contributed by atoms with Gasteiger partial charge in [-0.3, -0.25) is 9.69 Å². The van der Waals surface area contributed by atoms with Crippen LogP contribution in [0.15, 0.2) is 15.9 Å². The van der Waals surface area contributed by atoms with Crippen LogP contribution in [0.4, 0.5) is 0 Å². The third kappa shape index (κ3) is 1.87. The highest BCUT2D eigenvalue weighted by Crippen LogP contribution is 2.39. The predicted octanol–water partition coefficient (Wildman–Crippen LogP) is 3.57. The van der Waals surface area contributed by atoms with Gasteiger partial charge in [-0.1, -0.05) is 12.8 Å². The minimum atomic E-state index is -0.257. The zero-order valence-corrected chi connectivity index (χ0v) is 12.0. The maximum atomic E-state index is 12.6. The molecule has 1 fully saturated rings. The Morgan fingerprint density at radius 1 is 1.44 bits per heavy atom. The van der Waals surface area contributed by atoms with E-state index in [0.717, 1.165) is 35.0 Å². The number of carbonyl (C=O) groups is 1. The number of ketones is 1. The van der Waals surface area contributed by atoms with Gasteiger partial charge in [-0.05, 0) is 54.3 Å². The third-order valence-corrected chi connectivity index (χ3v) is 5.37. The summed E-state index contributed by atoms with van der Waals surface area (Å²) < 4.78 is 0.940. The quantitative estimate of drug-likeness (QED) is 0.796. The molecule has 0 spiro atoms. The highest BCUT2D eigenvalue weighted by atomic mass is 79.9. The number of likely N-dealkylation sites (N-methyl/N-ethyl adjacent to an activating group) is 1. The van der Waals surface area contributed by atoms with Crippen LogP contribution in [0.2, 0.25) is 0 Å². The highest BCUT2D eigenvalue weighted by molar-refractivity contribution is 9.10. The van der Waals surface area contributed by atoms with Crippen molar-refractivity contribution in [1.82, 2.24) is 4.90 Å². The summed E-state index contributed by atoms with van der Waals surface area (Å²) in [6, 6.07) is 1.95. The van der Waals surface area contributed by atoms with Crippen molar-refractivity contribution in [2.75, 3.05) is 14.1 Å². The molecule has 0 bridgehead atoms. The molecule has 2 nitrogen and oxygen atoms in total. The third-order valence-electron chi connectivity index (χ3n) is 3.53. The van der Waals surface area contributed by atoms with Crippen LogP contribution in [0.1, 0.15) is 35.4 Å². The first-order valence-corrected chi connectivity index (χ1v) is 7.20. The number of hydrogen-bond donors (Lipinski definition) is 0. The fraction of sp³-hybridized carbons (Fsp3) is 0.583. The van der Waals surface area contributed by atoms with E-state index < -0.39 is 0 Å². The van der Waals surface area contributed by atoms with E-state index in [0.29, 0.717) is 0 Å². The molecule has 1 heterocycles. The van der Waals surface area contributed by atoms with E-state index in [-0.39, 0.29) is 11.3 Å². The lowest BCUT2D eigenvalue weighted by atomic mass is 9.89. The lowest BCUT2D eigenvalue weighted by Crippen LogP contribution is -2.48. The molecule has 16 heavy (non-hydrogen) atoms. The topological polar surface area (TPSA) is 20.3 Å². The van der Waals surface area contributed by atoms with E-state index in [9.17, 15) is 4.79 Å². The van der Waals surface area contributed by atoms with E-state index >= 15 is 0 Å². The molecule has 0 atom stereocenters. The average molecular weight is 302 g/mol. The molecule has 1 aromatic heterocycles. The smallest absolute Gasteiger partial charge is 0.194 e. The van der Waals surface area contributed by atoms with Gasteiger partial charge >= 0.3 is 0 Å². The number of nitrogens with zero attached hydrogens (tertiary/aromatic N) is 1. The number of thiophene rings is 1. The van der Waals surface area contributed by atoms with Crippen molar-refractivity contribution < 1.29 is 4.79 Å². The summed E-state index contributed by atoms with van der Waals surface area (Å²) >= 11 is 5.00. The maximum Gasteiger partial charge on any atom is 0.194 e. The fourth-order valence-corrected chi connectivity index (χ4v) is 4.09. The zero-order valence-electron chi connectivity index (χ0n) is 9.62. The van der Waals surface area contributed by atoms with E-state index in [1.165, 1.54) is 11.3 Å². The van der Waals surface area contributed by atoms with Crippen molar-refractivity contribution in [3.8, 4) is 0 Å². The van der Waals surface area contributed by atoms with Crippen LogP contribution >= 0.6 is 27.3 Å². The number of carbonyl (C=O) groups excluding carboxylic acids is 1. The normalized spacial score (nSPS) is 19.2. The zero-order chi connectivity index (χ0) is 11.8. The molecule has 1 aromatic rings. The monoisotopic (exact) mass is 301 g/mol. The van der Waals surface area contributed by atoms with Gasteiger partial charge in [0.15, 0.2) is 5.78 Å². The summed E-state index contributed by atoms with van der Waals surface area (Å²) in [4.78, 5) is 15.6. The van der Waals surface area contributed by atoms with Gasteiger partial charge in [0.1, 0.15) is 0 Å². The number of halogens is 1. The molecular weight excluding hydrogens is 286 g/mol. The number of rotatable bonds is 3. The summed E-state index contributed by atoms with van der Waals surface area (Å²) in [5.74, 6) is 0.289. The SMILES string of the molecule is CN(C)C1(C(=O)c2sccc2Br)CCCC1. The Bertz CT molecular complexity index is 393. The summed E-state index contributed by atoms with van der Waals surface area (Å²) in [7, 11) is 4.04. The lowest BCUT2D eigenvalue weighted by molar-refractivity contribution is 0.0697. The molecule has 88 valence electrons. The predicted molar refractivity (Wildman–Crippen MR) is 71.2 cm³/mol. The van der Waals surface area contributed by atoms with Gasteiger partial charge in [0.05, 0.1) is 10.4 Å². The first-order chi connectivity index (χ1) is 7.58. The minimum absolute atomic E-state index is 0.257. The Hall–Kier alpha value is -0.190. The van der Waals surface area contributed by atoms with Gasteiger partial charge in [-0.25, -0.2) is 0 Å². The second kappa shape index (κ2) is 4.59. The Morgan fingerprint density at radius 2 is 2.06 bits per heavy atom. The summed E-state index contributed by atoms with van der Waals surface area (Å²) in [6.07, 6.45) is 4.30. The van der Waals surface area contributed by atoms with Crippen molar-refractivity contribution in [1.29, 1.82) is 0 Å². The van der Waals surface area contributed by atoms with Crippen LogP contribution < -0.4 is 0 Å². The first-order valence-electron chi connectivity index (χ1n) is 5.53. The molecule has 2 rings (SSSR count). The molecular formula is C12H16BrNOS. The molecule has 0 N–H and O–H groups in total. The van der Waals surface area contributed by atoms with Gasteiger partial charge in [0, 0.05) is 4.47 Å². The van der Waals surface area contributed by atoms with Crippen LogP contribution in [0.5, 0.6) is 0 Å². The molecule has 0 saturated heterocycles. The molecule has 4 heteroatoms. The fourth-order valence-electron chi connectivity index (χ4n) is 2.50. The largest absolute Gasteiger partial charge is 0.297 e. The molecule has 0 radical (unpaired) electrons. The molecule has 1 saturated carbocycles. The molecule has 0 aromatic carbocycles. The second-order valence-corrected chi connectivity index (χ2v) is 6.33. The molecule has 1 aliphatic rings. The Morgan fingerprint density at radius 3 is 2.50 bits per heavy atom. The van der Waals surface area contributed by atoms with Gasteiger partial charge < -0.3 is 0 Å². The second-order valence-electron chi connectivity index (χ2n) is 4.56. The Balaban J connectivity index is 2.35. The average Bonchev–Trinajstić information content (AvgIpc) is 2.85. The van der Waals surface area contributed by atoms with Gasteiger partial charge in [0.2, 0.25) is 0 Å². The maximum absolute atomic E-state index is 12.6. The van der Waals surface area contributed by atoms with E-state index in [1.807, 2.05) is 25.5 Å². The lowest BCUT2D eigenvalue weighted by Gasteiger charge is -2.34. The highest BCUT2D eigenvalue weighted by Gasteiger charge is 2.44. The molecule has 0 amide bonds. The van der Waals surface area contributed by atoms with E-state index in [2.05, 4.69) is 20.8 Å². The van der Waals surface area contributed by atoms with Crippen LogP contribution in [0.3, 0.4) is 0 Å². The van der Waals surface area contributed by atoms with Crippen molar-refractivity contribution in [3.63, 3.8) is 0 Å². The molecule has 0 unspecified atom stereocenters. The summed E-state index contributed by atoms with van der Waals surface area (Å²) in [6.45, 7) is 0. The Kier molecular flexibility index (Phi) is 3.52. The van der Waals surface area contributed by atoms with Crippen molar-refractivity contribution in [2.45, 2.75) is 31.2 Å². The van der Waals surface area contributed by atoms with Gasteiger partial charge in [-0.2, -0.15) is 0 Å². The summed E-state index contributed by atoms with van der Waals surface area (Å²) in [5.41, 5.74) is -0.257. The molecule has 1 aliphatic carbocycles. The molecule has 0 aliphatic heterocycles. The Labute approximate surface area is 109 Å². The van der Waals surface area contributed by atoms with E-state index in [1.54, 1.807) is 0 Å². The van der Waals surface area contributed by atoms with Crippen LogP contribution in [-0.4, -0.2) is 30.3 Å². The van der Waals surface area contributed by atoms with Gasteiger partial charge in [0.25, 0.3) is 0 Å². The standard InChI is InChI=1S/C12H16BrNOS/c1-14(2)12(6-3-4-7-12)11(15)10-9(13)5-8-16-10/h5,8H,3-4,6-7H2,1-2H3. The first kappa shape index (κ1) is 12.3. The van der Waals surface area contributed by atoms with Crippen molar-refractivity contribution >= 4 is 33.0 Å². The van der Waals surface area contributed by atoms with Crippen molar-refractivity contribution in [2.24, 2.45) is 0 Å². The minimum Gasteiger partial charge on any atom is -0.297 e. The van der Waals surface area contributed by atoms with E-state index in [4.69, 9.17) is 0 Å². The number of hydrogen-bond acceptors (Lipinski definition) is 3. The number of Topliss-reactive ketones (excluding diaryl/α,β-unsaturated/α-hetero) is 1. The van der Waals surface area contributed by atoms with Crippen LogP contribution in [-0.2, 0) is 0 Å². The van der Waals surface area contributed by atoms with Crippen LogP contribution in [0.25, 0.3) is 0 Å². The van der Waals surface area contributed by atoms with Gasteiger partial charge in [-0.15, -0.1) is 11.3 Å². The van der Waals surface area contributed by atoms with Crippen LogP contribution in [0, 0.1) is 0 Å².